The molecule has 168 valence electrons. The number of aromatic nitrogens is 1. The summed E-state index contributed by atoms with van der Waals surface area (Å²) in [6.07, 6.45) is 4.17. The van der Waals surface area contributed by atoms with Gasteiger partial charge >= 0.3 is 0 Å². The van der Waals surface area contributed by atoms with Gasteiger partial charge in [-0.3, -0.25) is 9.59 Å². The summed E-state index contributed by atoms with van der Waals surface area (Å²) in [5.41, 5.74) is 1.06. The smallest absolute Gasteiger partial charge is 0.254 e. The van der Waals surface area contributed by atoms with Crippen LogP contribution in [0.4, 0.5) is 4.39 Å². The van der Waals surface area contributed by atoms with E-state index in [9.17, 15) is 14.0 Å². The van der Waals surface area contributed by atoms with Crippen LogP contribution in [0.3, 0.4) is 0 Å². The molecular weight excluding hydrogens is 429 g/mol. The summed E-state index contributed by atoms with van der Waals surface area (Å²) in [6, 6.07) is 13.9. The largest absolute Gasteiger partial charge is 0.376 e. The Bertz CT molecular complexity index is 1100. The monoisotopic (exact) mass is 455 g/mol. The zero-order chi connectivity index (χ0) is 22.3. The Balaban J connectivity index is 1.34. The first kappa shape index (κ1) is 22.4. The van der Waals surface area contributed by atoms with Crippen LogP contribution >= 0.6 is 11.8 Å². The first-order valence-electron chi connectivity index (χ1n) is 10.7. The van der Waals surface area contributed by atoms with Crippen molar-refractivity contribution in [3.05, 3.63) is 66.1 Å². The van der Waals surface area contributed by atoms with Gasteiger partial charge in [-0.1, -0.05) is 30.3 Å². The van der Waals surface area contributed by atoms with E-state index in [4.69, 9.17) is 4.74 Å². The molecule has 1 unspecified atom stereocenters. The Kier molecular flexibility index (Phi) is 7.44. The van der Waals surface area contributed by atoms with Gasteiger partial charge < -0.3 is 19.9 Å². The molecular formula is C24H26FN3O3S. The molecule has 0 radical (unpaired) electrons. The molecule has 0 spiro atoms. The highest BCUT2D eigenvalue weighted by molar-refractivity contribution is 8.00. The second-order valence-corrected chi connectivity index (χ2v) is 8.68. The number of halogens is 1. The first-order chi connectivity index (χ1) is 15.6. The second kappa shape index (κ2) is 10.7. The summed E-state index contributed by atoms with van der Waals surface area (Å²) in [5, 5.41) is 6.78. The Morgan fingerprint density at radius 1 is 1.12 bits per heavy atom. The number of thioether (sulfide) groups is 1. The van der Waals surface area contributed by atoms with Gasteiger partial charge in [-0.15, -0.1) is 11.8 Å². The number of nitrogens with one attached hydrogen (secondary N) is 2. The third-order valence-electron chi connectivity index (χ3n) is 5.42. The molecule has 1 fully saturated rings. The van der Waals surface area contributed by atoms with Gasteiger partial charge in [0, 0.05) is 48.2 Å². The van der Waals surface area contributed by atoms with Gasteiger partial charge in [0.15, 0.2) is 0 Å². The lowest BCUT2D eigenvalue weighted by Crippen LogP contribution is -2.32. The molecule has 6 nitrogen and oxygen atoms in total. The average molecular weight is 456 g/mol. The molecule has 1 aliphatic rings. The number of amides is 2. The summed E-state index contributed by atoms with van der Waals surface area (Å²) in [5.74, 6) is -0.658. The summed E-state index contributed by atoms with van der Waals surface area (Å²) in [7, 11) is 0. The molecule has 4 rings (SSSR count). The zero-order valence-corrected chi connectivity index (χ0v) is 18.5. The average Bonchev–Trinajstić information content (AvgIpc) is 3.45. The molecule has 2 aromatic carbocycles. The van der Waals surface area contributed by atoms with Crippen LogP contribution in [0.25, 0.3) is 10.9 Å². The van der Waals surface area contributed by atoms with Crippen LogP contribution < -0.4 is 10.6 Å². The van der Waals surface area contributed by atoms with Crippen molar-refractivity contribution in [2.45, 2.75) is 30.4 Å². The van der Waals surface area contributed by atoms with E-state index in [1.165, 1.54) is 23.9 Å². The molecule has 2 N–H and O–H groups in total. The van der Waals surface area contributed by atoms with Crippen LogP contribution in [0.15, 0.2) is 59.6 Å². The number of hydrogen-bond donors (Lipinski definition) is 2. The predicted octanol–water partition coefficient (Wildman–Crippen LogP) is 3.60. The van der Waals surface area contributed by atoms with Crippen LogP contribution in [0.2, 0.25) is 0 Å². The summed E-state index contributed by atoms with van der Waals surface area (Å²) in [6.45, 7) is 2.22. The Morgan fingerprint density at radius 3 is 2.75 bits per heavy atom. The number of carbonyl (C=O) groups is 2. The molecule has 0 bridgehead atoms. The molecule has 1 aromatic heterocycles. The van der Waals surface area contributed by atoms with Gasteiger partial charge in [-0.2, -0.15) is 0 Å². The minimum absolute atomic E-state index is 0.0144. The minimum atomic E-state index is -0.534. The number of benzene rings is 2. The Labute approximate surface area is 190 Å². The van der Waals surface area contributed by atoms with E-state index < -0.39 is 11.7 Å². The van der Waals surface area contributed by atoms with Gasteiger partial charge in [0.2, 0.25) is 5.91 Å². The van der Waals surface area contributed by atoms with E-state index in [2.05, 4.69) is 10.6 Å². The summed E-state index contributed by atoms with van der Waals surface area (Å²) in [4.78, 5) is 25.5. The maximum atomic E-state index is 13.8. The maximum absolute atomic E-state index is 13.8. The van der Waals surface area contributed by atoms with E-state index >= 15 is 0 Å². The highest BCUT2D eigenvalue weighted by atomic mass is 32.2. The van der Waals surface area contributed by atoms with Gasteiger partial charge in [0.25, 0.3) is 5.91 Å². The molecule has 2 heterocycles. The highest BCUT2D eigenvalue weighted by Crippen LogP contribution is 2.29. The number of carbonyl (C=O) groups excluding carboxylic acids is 2. The van der Waals surface area contributed by atoms with Crippen molar-refractivity contribution in [3.8, 4) is 0 Å². The van der Waals surface area contributed by atoms with Gasteiger partial charge in [0.05, 0.1) is 17.4 Å². The third kappa shape index (κ3) is 5.49. The zero-order valence-electron chi connectivity index (χ0n) is 17.7. The fraction of sp³-hybridized carbons (Fsp3) is 0.333. The summed E-state index contributed by atoms with van der Waals surface area (Å²) >= 11 is 1.49. The molecule has 0 aliphatic carbocycles. The van der Waals surface area contributed by atoms with E-state index in [0.29, 0.717) is 25.4 Å². The number of rotatable bonds is 9. The molecule has 1 atom stereocenters. The van der Waals surface area contributed by atoms with Crippen LogP contribution in [-0.2, 0) is 16.1 Å². The van der Waals surface area contributed by atoms with Crippen LogP contribution in [0.1, 0.15) is 23.2 Å². The molecule has 32 heavy (non-hydrogen) atoms. The number of ether oxygens (including phenoxy) is 1. The number of hydrogen-bond acceptors (Lipinski definition) is 4. The normalized spacial score (nSPS) is 15.7. The molecule has 2 amide bonds. The summed E-state index contributed by atoms with van der Waals surface area (Å²) < 4.78 is 21.4. The lowest BCUT2D eigenvalue weighted by molar-refractivity contribution is -0.119. The van der Waals surface area contributed by atoms with E-state index in [1.54, 1.807) is 12.1 Å². The van der Waals surface area contributed by atoms with Crippen molar-refractivity contribution in [1.82, 2.24) is 15.2 Å². The van der Waals surface area contributed by atoms with Crippen molar-refractivity contribution in [3.63, 3.8) is 0 Å². The third-order valence-corrected chi connectivity index (χ3v) is 6.46. The van der Waals surface area contributed by atoms with Crippen molar-refractivity contribution in [1.29, 1.82) is 0 Å². The van der Waals surface area contributed by atoms with E-state index in [-0.39, 0.29) is 17.6 Å². The van der Waals surface area contributed by atoms with Gasteiger partial charge in [-0.05, 0) is 31.0 Å². The molecule has 0 saturated carbocycles. The van der Waals surface area contributed by atoms with Crippen molar-refractivity contribution in [2.75, 3.05) is 25.4 Å². The SMILES string of the molecule is O=C(CSc1cn(CCNC(=O)c2ccccc2F)c2ccccc12)NCC1CCCO1. The lowest BCUT2D eigenvalue weighted by Gasteiger charge is -2.10. The fourth-order valence-corrected chi connectivity index (χ4v) is 4.69. The van der Waals surface area contributed by atoms with E-state index in [1.807, 2.05) is 35.0 Å². The van der Waals surface area contributed by atoms with Crippen molar-refractivity contribution >= 4 is 34.5 Å². The maximum Gasteiger partial charge on any atom is 0.254 e. The molecule has 3 aromatic rings. The van der Waals surface area contributed by atoms with Crippen molar-refractivity contribution < 1.29 is 18.7 Å². The van der Waals surface area contributed by atoms with Gasteiger partial charge in [-0.25, -0.2) is 4.39 Å². The Hall–Kier alpha value is -2.84. The second-order valence-electron chi connectivity index (χ2n) is 7.67. The highest BCUT2D eigenvalue weighted by Gasteiger charge is 2.17. The molecule has 8 heteroatoms. The van der Waals surface area contributed by atoms with E-state index in [0.717, 1.165) is 35.2 Å². The van der Waals surface area contributed by atoms with Crippen LogP contribution in [0.5, 0.6) is 0 Å². The van der Waals surface area contributed by atoms with Crippen LogP contribution in [0, 0.1) is 5.82 Å². The quantitative estimate of drug-likeness (QED) is 0.484. The predicted molar refractivity (Wildman–Crippen MR) is 123 cm³/mol. The number of para-hydroxylation sites is 1. The number of fused-ring (bicyclic) bond motifs is 1. The molecule has 1 saturated heterocycles. The minimum Gasteiger partial charge on any atom is -0.376 e. The first-order valence-corrected chi connectivity index (χ1v) is 11.7. The fourth-order valence-electron chi connectivity index (χ4n) is 3.77. The van der Waals surface area contributed by atoms with Gasteiger partial charge in [0.1, 0.15) is 5.82 Å². The van der Waals surface area contributed by atoms with Crippen molar-refractivity contribution in [2.24, 2.45) is 0 Å². The topological polar surface area (TPSA) is 72.4 Å². The lowest BCUT2D eigenvalue weighted by atomic mass is 10.2. The molecule has 1 aliphatic heterocycles. The van der Waals surface area contributed by atoms with Crippen LogP contribution in [-0.4, -0.2) is 47.9 Å². The Morgan fingerprint density at radius 2 is 1.94 bits per heavy atom. The number of nitrogens with zero attached hydrogens (tertiary/aromatic N) is 1. The standard InChI is InChI=1S/C24H26FN3O3S/c25-20-9-3-1-7-18(20)24(30)26-11-12-28-15-22(19-8-2-4-10-21(19)28)32-16-23(29)27-14-17-6-5-13-31-17/h1-4,7-10,15,17H,5-6,11-14,16H2,(H,26,30)(H,27,29).